The normalized spacial score (nSPS) is 12.3. The van der Waals surface area contributed by atoms with Crippen LogP contribution in [0.3, 0.4) is 0 Å². The summed E-state index contributed by atoms with van der Waals surface area (Å²) >= 11 is 0. The molecule has 22 heavy (non-hydrogen) atoms. The Morgan fingerprint density at radius 1 is 1.00 bits per heavy atom. The summed E-state index contributed by atoms with van der Waals surface area (Å²) in [6.45, 7) is 0. The summed E-state index contributed by atoms with van der Waals surface area (Å²) in [5.41, 5.74) is -0.668. The standard InChI is InChI=1S/C12H10FNO6S2/c13-8-6-7(4-5-9(8)15)12-10(21(14,16)17)2-1-3-11(12)22(18,19)20/h1-6,15H,(H2,14,16,17)(H,18,19,20). The van der Waals surface area contributed by atoms with Gasteiger partial charge in [-0.1, -0.05) is 12.1 Å². The fourth-order valence-electron chi connectivity index (χ4n) is 1.91. The van der Waals surface area contributed by atoms with E-state index in [0.29, 0.717) is 0 Å². The monoisotopic (exact) mass is 347 g/mol. The van der Waals surface area contributed by atoms with E-state index in [2.05, 4.69) is 0 Å². The quantitative estimate of drug-likeness (QED) is 0.711. The summed E-state index contributed by atoms with van der Waals surface area (Å²) in [6, 6.07) is 5.78. The third-order valence-corrected chi connectivity index (χ3v) is 4.66. The van der Waals surface area contributed by atoms with Crippen LogP contribution in [-0.4, -0.2) is 26.5 Å². The first-order valence-electron chi connectivity index (χ1n) is 5.64. The lowest BCUT2D eigenvalue weighted by molar-refractivity contribution is 0.432. The van der Waals surface area contributed by atoms with E-state index in [9.17, 15) is 25.8 Å². The van der Waals surface area contributed by atoms with Gasteiger partial charge < -0.3 is 5.11 Å². The molecule has 0 unspecified atom stereocenters. The van der Waals surface area contributed by atoms with E-state index in [0.717, 1.165) is 36.4 Å². The van der Waals surface area contributed by atoms with Crippen molar-refractivity contribution in [2.75, 3.05) is 0 Å². The maximum absolute atomic E-state index is 13.5. The fraction of sp³-hybridized carbons (Fsp3) is 0. The molecule has 2 aromatic rings. The van der Waals surface area contributed by atoms with Crippen LogP contribution in [0, 0.1) is 5.82 Å². The predicted molar refractivity (Wildman–Crippen MR) is 74.7 cm³/mol. The average molecular weight is 347 g/mol. The lowest BCUT2D eigenvalue weighted by Crippen LogP contribution is -2.15. The number of hydrogen-bond donors (Lipinski definition) is 3. The van der Waals surface area contributed by atoms with E-state index in [1.54, 1.807) is 0 Å². The molecule has 118 valence electrons. The van der Waals surface area contributed by atoms with Crippen molar-refractivity contribution in [3.8, 4) is 16.9 Å². The summed E-state index contributed by atoms with van der Waals surface area (Å²) in [5, 5.41) is 14.2. The minimum Gasteiger partial charge on any atom is -0.505 e. The Kier molecular flexibility index (Phi) is 3.96. The first-order valence-corrected chi connectivity index (χ1v) is 8.62. The van der Waals surface area contributed by atoms with Crippen LogP contribution in [0.25, 0.3) is 11.1 Å². The second-order valence-electron chi connectivity index (χ2n) is 4.32. The van der Waals surface area contributed by atoms with E-state index >= 15 is 0 Å². The zero-order valence-electron chi connectivity index (χ0n) is 10.8. The topological polar surface area (TPSA) is 135 Å². The van der Waals surface area contributed by atoms with E-state index in [1.165, 1.54) is 0 Å². The zero-order chi connectivity index (χ0) is 16.7. The van der Waals surface area contributed by atoms with Gasteiger partial charge >= 0.3 is 0 Å². The molecule has 10 heteroatoms. The molecule has 0 aliphatic carbocycles. The van der Waals surface area contributed by atoms with E-state index in [1.807, 2.05) is 0 Å². The maximum atomic E-state index is 13.5. The van der Waals surface area contributed by atoms with Gasteiger partial charge in [0.25, 0.3) is 10.1 Å². The summed E-state index contributed by atoms with van der Waals surface area (Å²) in [4.78, 5) is -1.35. The Bertz CT molecular complexity index is 903. The van der Waals surface area contributed by atoms with Crippen LogP contribution >= 0.6 is 0 Å². The van der Waals surface area contributed by atoms with Crippen molar-refractivity contribution in [3.05, 3.63) is 42.2 Å². The zero-order valence-corrected chi connectivity index (χ0v) is 12.4. The Morgan fingerprint density at radius 2 is 1.59 bits per heavy atom. The Morgan fingerprint density at radius 3 is 2.09 bits per heavy atom. The molecule has 0 aliphatic rings. The summed E-state index contributed by atoms with van der Waals surface area (Å²) in [5.74, 6) is -1.80. The average Bonchev–Trinajstić information content (AvgIpc) is 2.39. The van der Waals surface area contributed by atoms with Gasteiger partial charge in [0.1, 0.15) is 4.90 Å². The van der Waals surface area contributed by atoms with Crippen molar-refractivity contribution >= 4 is 20.1 Å². The van der Waals surface area contributed by atoms with Crippen molar-refractivity contribution in [3.63, 3.8) is 0 Å². The lowest BCUT2D eigenvalue weighted by atomic mass is 10.1. The van der Waals surface area contributed by atoms with Crippen molar-refractivity contribution < 1.29 is 30.9 Å². The Labute approximate surface area is 125 Å². The van der Waals surface area contributed by atoms with Crippen LogP contribution in [0.2, 0.25) is 0 Å². The molecule has 0 atom stereocenters. The molecule has 0 aromatic heterocycles. The molecule has 0 fully saturated rings. The molecule has 0 saturated heterocycles. The molecule has 0 saturated carbocycles. The maximum Gasteiger partial charge on any atom is 0.295 e. The van der Waals surface area contributed by atoms with Crippen LogP contribution < -0.4 is 5.14 Å². The van der Waals surface area contributed by atoms with Crippen LogP contribution in [0.4, 0.5) is 4.39 Å². The molecule has 4 N–H and O–H groups in total. The molecule has 7 nitrogen and oxygen atoms in total. The van der Waals surface area contributed by atoms with Gasteiger partial charge in [0.15, 0.2) is 11.6 Å². The van der Waals surface area contributed by atoms with Gasteiger partial charge in [-0.15, -0.1) is 0 Å². The van der Waals surface area contributed by atoms with E-state index in [-0.39, 0.29) is 5.56 Å². The fourth-order valence-corrected chi connectivity index (χ4v) is 3.49. The lowest BCUT2D eigenvalue weighted by Gasteiger charge is -2.12. The van der Waals surface area contributed by atoms with Gasteiger partial charge in [0.2, 0.25) is 10.0 Å². The molecule has 0 bridgehead atoms. The summed E-state index contributed by atoms with van der Waals surface area (Å²) in [6.07, 6.45) is 0. The van der Waals surface area contributed by atoms with Crippen LogP contribution in [0.15, 0.2) is 46.2 Å². The number of halogens is 1. The highest BCUT2D eigenvalue weighted by Crippen LogP contribution is 2.34. The third-order valence-electron chi connectivity index (χ3n) is 2.81. The Balaban J connectivity index is 2.96. The van der Waals surface area contributed by atoms with E-state index in [4.69, 9.17) is 10.2 Å². The van der Waals surface area contributed by atoms with Crippen molar-refractivity contribution in [2.24, 2.45) is 5.14 Å². The number of rotatable bonds is 3. The van der Waals surface area contributed by atoms with E-state index < -0.39 is 47.1 Å². The number of nitrogens with two attached hydrogens (primary N) is 1. The molecule has 0 amide bonds. The molecule has 2 aromatic carbocycles. The molecule has 2 rings (SSSR count). The van der Waals surface area contributed by atoms with Crippen molar-refractivity contribution in [1.29, 1.82) is 0 Å². The molecular formula is C12H10FNO6S2. The second-order valence-corrected chi connectivity index (χ2v) is 7.24. The summed E-state index contributed by atoms with van der Waals surface area (Å²) < 4.78 is 68.8. The molecular weight excluding hydrogens is 337 g/mol. The second kappa shape index (κ2) is 5.32. The van der Waals surface area contributed by atoms with Gasteiger partial charge in [-0.25, -0.2) is 17.9 Å². The first-order chi connectivity index (χ1) is 10.0. The molecule has 0 spiro atoms. The number of phenolic OH excluding ortho intramolecular Hbond substituents is 1. The van der Waals surface area contributed by atoms with Gasteiger partial charge in [-0.05, 0) is 29.8 Å². The van der Waals surface area contributed by atoms with Gasteiger partial charge in [0, 0.05) is 5.56 Å². The van der Waals surface area contributed by atoms with Crippen molar-refractivity contribution in [2.45, 2.75) is 9.79 Å². The summed E-state index contributed by atoms with van der Waals surface area (Å²) in [7, 11) is -9.14. The van der Waals surface area contributed by atoms with Crippen LogP contribution in [0.1, 0.15) is 0 Å². The van der Waals surface area contributed by atoms with Crippen LogP contribution in [0.5, 0.6) is 5.75 Å². The van der Waals surface area contributed by atoms with Gasteiger partial charge in [0.05, 0.1) is 4.90 Å². The molecule has 0 radical (unpaired) electrons. The minimum absolute atomic E-state index is 0.187. The number of hydrogen-bond acceptors (Lipinski definition) is 5. The highest BCUT2D eigenvalue weighted by molar-refractivity contribution is 7.89. The smallest absolute Gasteiger partial charge is 0.295 e. The van der Waals surface area contributed by atoms with Crippen LogP contribution in [-0.2, 0) is 20.1 Å². The number of aromatic hydroxyl groups is 1. The highest BCUT2D eigenvalue weighted by atomic mass is 32.2. The molecule has 0 heterocycles. The first kappa shape index (κ1) is 16.4. The largest absolute Gasteiger partial charge is 0.505 e. The number of sulfonamides is 1. The number of phenols is 1. The van der Waals surface area contributed by atoms with Crippen molar-refractivity contribution in [1.82, 2.24) is 0 Å². The van der Waals surface area contributed by atoms with Gasteiger partial charge in [-0.3, -0.25) is 4.55 Å². The number of primary sulfonamides is 1. The molecule has 0 aliphatic heterocycles. The highest BCUT2D eigenvalue weighted by Gasteiger charge is 2.25. The minimum atomic E-state index is -4.79. The SMILES string of the molecule is NS(=O)(=O)c1cccc(S(=O)(=O)O)c1-c1ccc(O)c(F)c1. The third kappa shape index (κ3) is 3.09. The predicted octanol–water partition coefficient (Wildman–Crippen LogP) is 1.09. The number of benzene rings is 2. The Hall–Kier alpha value is -2.01. The van der Waals surface area contributed by atoms with Gasteiger partial charge in [-0.2, -0.15) is 8.42 Å².